The van der Waals surface area contributed by atoms with Gasteiger partial charge in [0.05, 0.1) is 11.1 Å². The lowest BCUT2D eigenvalue weighted by atomic mass is 9.70. The first-order chi connectivity index (χ1) is 25.8. The summed E-state index contributed by atoms with van der Waals surface area (Å²) < 4.78 is 0. The van der Waals surface area contributed by atoms with E-state index >= 15 is 0 Å². The van der Waals surface area contributed by atoms with Crippen LogP contribution < -0.4 is 4.90 Å². The van der Waals surface area contributed by atoms with Gasteiger partial charge in [0.2, 0.25) is 0 Å². The van der Waals surface area contributed by atoms with Gasteiger partial charge in [-0.25, -0.2) is 0 Å². The molecule has 2 aliphatic carbocycles. The molecule has 11 rings (SSSR count). The molecule has 0 saturated carbocycles. The van der Waals surface area contributed by atoms with Crippen molar-refractivity contribution in [3.05, 3.63) is 222 Å². The van der Waals surface area contributed by atoms with Gasteiger partial charge in [0, 0.05) is 16.9 Å². The van der Waals surface area contributed by atoms with Crippen molar-refractivity contribution in [3.63, 3.8) is 0 Å². The Balaban J connectivity index is 1.19. The minimum Gasteiger partial charge on any atom is -0.310 e. The fourth-order valence-corrected chi connectivity index (χ4v) is 9.31. The summed E-state index contributed by atoms with van der Waals surface area (Å²) in [6.45, 7) is 0. The Bertz CT molecular complexity index is 2800. The van der Waals surface area contributed by atoms with Crippen LogP contribution >= 0.6 is 0 Å². The molecule has 0 N–H and O–H groups in total. The third-order valence-electron chi connectivity index (χ3n) is 11.5. The maximum Gasteiger partial charge on any atom is 0.0726 e. The lowest BCUT2D eigenvalue weighted by Gasteiger charge is -2.32. The van der Waals surface area contributed by atoms with Gasteiger partial charge in [-0.2, -0.15) is 0 Å². The number of hydrogen-bond acceptors (Lipinski definition) is 1. The molecule has 0 fully saturated rings. The normalized spacial score (nSPS) is 13.2. The van der Waals surface area contributed by atoms with Gasteiger partial charge in [0.25, 0.3) is 0 Å². The molecule has 1 nitrogen and oxygen atoms in total. The summed E-state index contributed by atoms with van der Waals surface area (Å²) in [5, 5.41) is 5.03. The van der Waals surface area contributed by atoms with Crippen LogP contribution in [0.25, 0.3) is 54.9 Å². The van der Waals surface area contributed by atoms with Crippen molar-refractivity contribution in [1.82, 2.24) is 0 Å². The Morgan fingerprint density at radius 1 is 0.327 bits per heavy atom. The van der Waals surface area contributed by atoms with Crippen molar-refractivity contribution in [3.8, 4) is 33.4 Å². The van der Waals surface area contributed by atoms with Gasteiger partial charge < -0.3 is 4.90 Å². The molecule has 9 aromatic rings. The van der Waals surface area contributed by atoms with Gasteiger partial charge in [-0.05, 0) is 102 Å². The second kappa shape index (κ2) is 11.2. The van der Waals surface area contributed by atoms with Crippen molar-refractivity contribution in [2.45, 2.75) is 5.41 Å². The van der Waals surface area contributed by atoms with Crippen molar-refractivity contribution >= 4 is 38.6 Å². The van der Waals surface area contributed by atoms with E-state index in [0.29, 0.717) is 0 Å². The van der Waals surface area contributed by atoms with E-state index < -0.39 is 5.41 Å². The maximum absolute atomic E-state index is 2.48. The van der Waals surface area contributed by atoms with E-state index in [4.69, 9.17) is 0 Å². The highest BCUT2D eigenvalue weighted by Gasteiger charge is 2.52. The number of benzene rings is 9. The zero-order valence-corrected chi connectivity index (χ0v) is 28.5. The highest BCUT2D eigenvalue weighted by atomic mass is 15.1. The SMILES string of the molecule is c1ccc(-c2ccc(N(c3ccc4c(ccc5ccccc54)c3)c3cccc4c3-c3ccccc3C43c4ccccc4-c4ccccc43)cc2)cc1. The van der Waals surface area contributed by atoms with Crippen molar-refractivity contribution in [2.24, 2.45) is 0 Å². The van der Waals surface area contributed by atoms with Gasteiger partial charge >= 0.3 is 0 Å². The molecule has 0 atom stereocenters. The zero-order chi connectivity index (χ0) is 34.2. The van der Waals surface area contributed by atoms with Gasteiger partial charge in [-0.15, -0.1) is 0 Å². The molecule has 0 heterocycles. The van der Waals surface area contributed by atoms with Gasteiger partial charge in [0.15, 0.2) is 0 Å². The fraction of sp³-hybridized carbons (Fsp3) is 0.0196. The average Bonchev–Trinajstić information content (AvgIpc) is 3.69. The van der Waals surface area contributed by atoms with E-state index in [0.717, 1.165) is 11.4 Å². The predicted molar refractivity (Wildman–Crippen MR) is 218 cm³/mol. The monoisotopic (exact) mass is 659 g/mol. The van der Waals surface area contributed by atoms with Gasteiger partial charge in [-0.1, -0.05) is 170 Å². The van der Waals surface area contributed by atoms with Crippen LogP contribution in [0.15, 0.2) is 200 Å². The Labute approximate surface area is 303 Å². The smallest absolute Gasteiger partial charge is 0.0726 e. The lowest BCUT2D eigenvalue weighted by molar-refractivity contribution is 0.794. The number of fused-ring (bicyclic) bond motifs is 13. The van der Waals surface area contributed by atoms with Crippen LogP contribution in [0.3, 0.4) is 0 Å². The minimum atomic E-state index is -0.403. The highest BCUT2D eigenvalue weighted by molar-refractivity contribution is 6.09. The van der Waals surface area contributed by atoms with Crippen LogP contribution in [0.1, 0.15) is 22.3 Å². The first kappa shape index (κ1) is 29.1. The summed E-state index contributed by atoms with van der Waals surface area (Å²) in [6.07, 6.45) is 0. The summed E-state index contributed by atoms with van der Waals surface area (Å²) in [6, 6.07) is 74.0. The van der Waals surface area contributed by atoms with Crippen molar-refractivity contribution in [1.29, 1.82) is 0 Å². The molecule has 0 aliphatic heterocycles. The Hall–Kier alpha value is -6.70. The molecule has 2 aliphatic rings. The number of anilines is 3. The molecule has 0 amide bonds. The summed E-state index contributed by atoms with van der Waals surface area (Å²) in [5.41, 5.74) is 16.1. The van der Waals surface area contributed by atoms with E-state index in [-0.39, 0.29) is 0 Å². The molecular weight excluding hydrogens is 627 g/mol. The van der Waals surface area contributed by atoms with Crippen LogP contribution in [0.2, 0.25) is 0 Å². The first-order valence-electron chi connectivity index (χ1n) is 18.1. The van der Waals surface area contributed by atoms with Crippen molar-refractivity contribution in [2.75, 3.05) is 4.90 Å². The standard InChI is InChI=1S/C51H33N/c1-2-13-34(14-3-1)35-27-29-38(30-28-35)52(39-31-32-41-37(33-39)26-25-36-15-4-5-16-40(36)41)49-24-12-23-48-50(49)44-19-8-11-22-47(44)51(48)45-20-9-6-17-42(45)43-18-7-10-21-46(43)51/h1-33H. The summed E-state index contributed by atoms with van der Waals surface area (Å²) in [5.74, 6) is 0. The molecule has 242 valence electrons. The van der Waals surface area contributed by atoms with Crippen LogP contribution in [0, 0.1) is 0 Å². The summed E-state index contributed by atoms with van der Waals surface area (Å²) >= 11 is 0. The van der Waals surface area contributed by atoms with Crippen molar-refractivity contribution < 1.29 is 0 Å². The molecule has 52 heavy (non-hydrogen) atoms. The third kappa shape index (κ3) is 3.99. The van der Waals surface area contributed by atoms with Gasteiger partial charge in [0.1, 0.15) is 0 Å². The van der Waals surface area contributed by atoms with E-state index in [9.17, 15) is 0 Å². The largest absolute Gasteiger partial charge is 0.310 e. The minimum absolute atomic E-state index is 0.403. The maximum atomic E-state index is 2.48. The summed E-state index contributed by atoms with van der Waals surface area (Å²) in [4.78, 5) is 2.48. The molecule has 0 bridgehead atoms. The molecule has 9 aromatic carbocycles. The van der Waals surface area contributed by atoms with Crippen LogP contribution in [0.5, 0.6) is 0 Å². The van der Waals surface area contributed by atoms with E-state index in [1.165, 1.54) is 82.9 Å². The predicted octanol–water partition coefficient (Wildman–Crippen LogP) is 13.5. The Kier molecular flexibility index (Phi) is 6.23. The second-order valence-electron chi connectivity index (χ2n) is 14.0. The quantitative estimate of drug-likeness (QED) is 0.170. The van der Waals surface area contributed by atoms with Crippen LogP contribution in [-0.2, 0) is 5.41 Å². The number of rotatable bonds is 4. The fourth-order valence-electron chi connectivity index (χ4n) is 9.31. The molecule has 1 spiro atoms. The molecule has 0 saturated heterocycles. The number of nitrogens with zero attached hydrogens (tertiary/aromatic N) is 1. The van der Waals surface area contributed by atoms with E-state index in [2.05, 4.69) is 205 Å². The summed E-state index contributed by atoms with van der Waals surface area (Å²) in [7, 11) is 0. The highest BCUT2D eigenvalue weighted by Crippen LogP contribution is 2.64. The Morgan fingerprint density at radius 2 is 0.865 bits per heavy atom. The third-order valence-corrected chi connectivity index (χ3v) is 11.5. The molecule has 0 unspecified atom stereocenters. The van der Waals surface area contributed by atoms with Gasteiger partial charge in [-0.3, -0.25) is 0 Å². The van der Waals surface area contributed by atoms with E-state index in [1.807, 2.05) is 0 Å². The average molecular weight is 660 g/mol. The van der Waals surface area contributed by atoms with E-state index in [1.54, 1.807) is 0 Å². The lowest BCUT2D eigenvalue weighted by Crippen LogP contribution is -2.26. The molecule has 1 heteroatoms. The Morgan fingerprint density at radius 3 is 1.62 bits per heavy atom. The number of hydrogen-bond donors (Lipinski definition) is 0. The molecule has 0 radical (unpaired) electrons. The zero-order valence-electron chi connectivity index (χ0n) is 28.5. The first-order valence-corrected chi connectivity index (χ1v) is 18.1. The van der Waals surface area contributed by atoms with Crippen LogP contribution in [-0.4, -0.2) is 0 Å². The second-order valence-corrected chi connectivity index (χ2v) is 14.0. The molecule has 0 aromatic heterocycles. The topological polar surface area (TPSA) is 3.24 Å². The molecular formula is C51H33N. The van der Waals surface area contributed by atoms with Crippen LogP contribution in [0.4, 0.5) is 17.1 Å².